The van der Waals surface area contributed by atoms with Gasteiger partial charge in [0.1, 0.15) is 0 Å². The Kier molecular flexibility index (Phi) is 9.55. The lowest BCUT2D eigenvalue weighted by Gasteiger charge is -2.02. The molecule has 0 aliphatic rings. The zero-order valence-corrected chi connectivity index (χ0v) is 17.5. The van der Waals surface area contributed by atoms with Gasteiger partial charge in [0.15, 0.2) is 0 Å². The Morgan fingerprint density at radius 3 is 2.13 bits per heavy atom. The minimum Gasteiger partial charge on any atom is -0.143 e. The highest BCUT2D eigenvalue weighted by atomic mass is 79.9. The van der Waals surface area contributed by atoms with Crippen molar-refractivity contribution >= 4 is 38.6 Å². The highest BCUT2D eigenvalue weighted by Crippen LogP contribution is 2.37. The quantitative estimate of drug-likeness (QED) is 0.305. The minimum absolute atomic E-state index is 1.22. The van der Waals surface area contributed by atoms with Crippen molar-refractivity contribution in [2.75, 3.05) is 0 Å². The van der Waals surface area contributed by atoms with Crippen LogP contribution >= 0.6 is 38.6 Å². The molecule has 23 heavy (non-hydrogen) atoms. The third-order valence-electron chi connectivity index (χ3n) is 4.32. The van der Waals surface area contributed by atoms with E-state index in [2.05, 4.69) is 46.4 Å². The van der Waals surface area contributed by atoms with Gasteiger partial charge in [-0.2, -0.15) is 0 Å². The van der Waals surface area contributed by atoms with E-state index in [1.54, 1.807) is 0 Å². The lowest BCUT2D eigenvalue weighted by molar-refractivity contribution is 0.556. The molecular formula is C20H29BrS2. The van der Waals surface area contributed by atoms with Crippen LogP contribution in [0.1, 0.15) is 76.7 Å². The first kappa shape index (κ1) is 19.2. The average Bonchev–Trinajstić information content (AvgIpc) is 3.19. The molecule has 128 valence electrons. The molecule has 2 aromatic rings. The fourth-order valence-corrected chi connectivity index (χ4v) is 5.52. The highest BCUT2D eigenvalue weighted by molar-refractivity contribution is 9.11. The van der Waals surface area contributed by atoms with Crippen molar-refractivity contribution in [3.63, 3.8) is 0 Å². The number of thiophene rings is 2. The van der Waals surface area contributed by atoms with E-state index in [-0.39, 0.29) is 0 Å². The summed E-state index contributed by atoms with van der Waals surface area (Å²) in [7, 11) is 0. The first-order valence-electron chi connectivity index (χ1n) is 9.13. The Morgan fingerprint density at radius 2 is 1.52 bits per heavy atom. The zero-order chi connectivity index (χ0) is 16.3. The molecule has 0 saturated heterocycles. The number of aryl methyl sites for hydroxylation is 1. The summed E-state index contributed by atoms with van der Waals surface area (Å²) in [6.45, 7) is 2.29. The Bertz CT molecular complexity index is 528. The van der Waals surface area contributed by atoms with Gasteiger partial charge in [-0.05, 0) is 51.8 Å². The molecule has 0 nitrogen and oxygen atoms in total. The molecule has 0 radical (unpaired) electrons. The van der Waals surface area contributed by atoms with Crippen molar-refractivity contribution in [1.82, 2.24) is 0 Å². The van der Waals surface area contributed by atoms with Gasteiger partial charge >= 0.3 is 0 Å². The molecule has 0 saturated carbocycles. The van der Waals surface area contributed by atoms with Gasteiger partial charge in [-0.15, -0.1) is 22.7 Å². The van der Waals surface area contributed by atoms with E-state index < -0.39 is 0 Å². The van der Waals surface area contributed by atoms with Crippen molar-refractivity contribution in [1.29, 1.82) is 0 Å². The summed E-state index contributed by atoms with van der Waals surface area (Å²) in [5, 5.41) is 2.16. The fourth-order valence-electron chi connectivity index (χ4n) is 2.92. The third kappa shape index (κ3) is 7.11. The van der Waals surface area contributed by atoms with Crippen LogP contribution in [0.4, 0.5) is 0 Å². The van der Waals surface area contributed by atoms with Crippen molar-refractivity contribution in [3.05, 3.63) is 32.9 Å². The molecule has 2 heterocycles. The van der Waals surface area contributed by atoms with Gasteiger partial charge in [0, 0.05) is 9.75 Å². The van der Waals surface area contributed by atoms with E-state index in [0.717, 1.165) is 0 Å². The second-order valence-corrected chi connectivity index (χ2v) is 9.64. The maximum absolute atomic E-state index is 3.75. The smallest absolute Gasteiger partial charge is 0.0737 e. The normalized spacial score (nSPS) is 11.2. The van der Waals surface area contributed by atoms with Gasteiger partial charge in [0.2, 0.25) is 0 Å². The maximum atomic E-state index is 3.75. The van der Waals surface area contributed by atoms with Crippen LogP contribution in [-0.4, -0.2) is 0 Å². The summed E-state index contributed by atoms with van der Waals surface area (Å²) in [6, 6.07) is 6.73. The van der Waals surface area contributed by atoms with Gasteiger partial charge in [-0.3, -0.25) is 0 Å². The molecule has 2 rings (SSSR count). The standard InChI is InChI=1S/C20H29BrS2/c1-2-3-4-5-6-7-8-9-10-11-13-17-16-19(23-20(17)21)18-14-12-15-22-18/h12,14-16H,2-11,13H2,1H3. The first-order chi connectivity index (χ1) is 11.3. The fraction of sp³-hybridized carbons (Fsp3) is 0.600. The number of hydrogen-bond acceptors (Lipinski definition) is 2. The van der Waals surface area contributed by atoms with Crippen LogP contribution in [0.5, 0.6) is 0 Å². The van der Waals surface area contributed by atoms with Crippen molar-refractivity contribution < 1.29 is 0 Å². The van der Waals surface area contributed by atoms with Gasteiger partial charge in [0.25, 0.3) is 0 Å². The van der Waals surface area contributed by atoms with Crippen molar-refractivity contribution in [2.24, 2.45) is 0 Å². The van der Waals surface area contributed by atoms with Crippen molar-refractivity contribution in [2.45, 2.75) is 77.6 Å². The molecule has 3 heteroatoms. The van der Waals surface area contributed by atoms with Gasteiger partial charge in [-0.25, -0.2) is 0 Å². The van der Waals surface area contributed by atoms with Crippen LogP contribution in [-0.2, 0) is 6.42 Å². The lowest BCUT2D eigenvalue weighted by atomic mass is 10.0. The second kappa shape index (κ2) is 11.4. The molecule has 0 aromatic carbocycles. The van der Waals surface area contributed by atoms with E-state index in [1.165, 1.54) is 89.7 Å². The van der Waals surface area contributed by atoms with E-state index >= 15 is 0 Å². The van der Waals surface area contributed by atoms with Crippen molar-refractivity contribution in [3.8, 4) is 9.75 Å². The Hall–Kier alpha value is -0.120. The molecule has 0 amide bonds. The number of rotatable bonds is 12. The predicted molar refractivity (Wildman–Crippen MR) is 111 cm³/mol. The monoisotopic (exact) mass is 412 g/mol. The number of unbranched alkanes of at least 4 members (excludes halogenated alkanes) is 9. The highest BCUT2D eigenvalue weighted by Gasteiger charge is 2.08. The first-order valence-corrected chi connectivity index (χ1v) is 11.6. The summed E-state index contributed by atoms with van der Waals surface area (Å²) >= 11 is 7.46. The second-order valence-electron chi connectivity index (χ2n) is 6.32. The van der Waals surface area contributed by atoms with Crippen LogP contribution in [0.2, 0.25) is 0 Å². The maximum Gasteiger partial charge on any atom is 0.0737 e. The van der Waals surface area contributed by atoms with Crippen LogP contribution in [0.15, 0.2) is 27.4 Å². The van der Waals surface area contributed by atoms with Crippen LogP contribution in [0.25, 0.3) is 9.75 Å². The summed E-state index contributed by atoms with van der Waals surface area (Å²) in [5.74, 6) is 0. The summed E-state index contributed by atoms with van der Waals surface area (Å²) in [5.41, 5.74) is 1.50. The Morgan fingerprint density at radius 1 is 0.870 bits per heavy atom. The molecule has 2 aromatic heterocycles. The van der Waals surface area contributed by atoms with E-state index in [0.29, 0.717) is 0 Å². The van der Waals surface area contributed by atoms with Gasteiger partial charge in [-0.1, -0.05) is 70.8 Å². The summed E-state index contributed by atoms with van der Waals surface area (Å²) in [6.07, 6.45) is 15.3. The van der Waals surface area contributed by atoms with Crippen LogP contribution < -0.4 is 0 Å². The zero-order valence-electron chi connectivity index (χ0n) is 14.3. The largest absolute Gasteiger partial charge is 0.143 e. The minimum atomic E-state index is 1.22. The molecular weight excluding hydrogens is 384 g/mol. The van der Waals surface area contributed by atoms with Crippen LogP contribution in [0.3, 0.4) is 0 Å². The Labute approximate surface area is 158 Å². The van der Waals surface area contributed by atoms with E-state index in [4.69, 9.17) is 0 Å². The topological polar surface area (TPSA) is 0 Å². The molecule has 0 N–H and O–H groups in total. The molecule has 0 bridgehead atoms. The molecule has 0 spiro atoms. The predicted octanol–water partition coefficient (Wildman–Crippen LogP) is 8.70. The lowest BCUT2D eigenvalue weighted by Crippen LogP contribution is -1.85. The summed E-state index contributed by atoms with van der Waals surface area (Å²) < 4.78 is 1.33. The van der Waals surface area contributed by atoms with E-state index in [9.17, 15) is 0 Å². The third-order valence-corrected chi connectivity index (χ3v) is 7.35. The average molecular weight is 413 g/mol. The molecule has 0 aliphatic heterocycles. The van der Waals surface area contributed by atoms with Gasteiger partial charge < -0.3 is 0 Å². The molecule has 0 unspecified atom stereocenters. The molecule has 0 fully saturated rings. The number of hydrogen-bond donors (Lipinski definition) is 0. The number of halogens is 1. The molecule has 0 aliphatic carbocycles. The molecule has 0 atom stereocenters. The van der Waals surface area contributed by atoms with Crippen LogP contribution in [0, 0.1) is 0 Å². The summed E-state index contributed by atoms with van der Waals surface area (Å²) in [4.78, 5) is 2.80. The Balaban J connectivity index is 1.56. The van der Waals surface area contributed by atoms with Gasteiger partial charge in [0.05, 0.1) is 3.79 Å². The SMILES string of the molecule is CCCCCCCCCCCCc1cc(-c2cccs2)sc1Br. The van der Waals surface area contributed by atoms with E-state index in [1.807, 2.05) is 22.7 Å².